The van der Waals surface area contributed by atoms with E-state index < -0.39 is 0 Å². The van der Waals surface area contributed by atoms with E-state index in [0.717, 1.165) is 35.5 Å². The van der Waals surface area contributed by atoms with Gasteiger partial charge in [-0.3, -0.25) is 4.79 Å². The molecule has 0 bridgehead atoms. The van der Waals surface area contributed by atoms with E-state index in [9.17, 15) is 4.79 Å². The Bertz CT molecular complexity index is 655. The molecule has 0 spiro atoms. The molecule has 1 aliphatic rings. The molecule has 0 saturated carbocycles. The number of rotatable bonds is 4. The van der Waals surface area contributed by atoms with Crippen LogP contribution in [0, 0.1) is 0 Å². The quantitative estimate of drug-likeness (QED) is 0.772. The maximum atomic E-state index is 12.7. The minimum Gasteiger partial charge on any atom is -0.332 e. The summed E-state index contributed by atoms with van der Waals surface area (Å²) in [4.78, 5) is 19.3. The smallest absolute Gasteiger partial charge is 0.254 e. The van der Waals surface area contributed by atoms with Crippen molar-refractivity contribution in [3.05, 3.63) is 59.8 Å². The zero-order valence-electron chi connectivity index (χ0n) is 13.6. The monoisotopic (exact) mass is 326 g/mol. The predicted octanol–water partition coefficient (Wildman–Crippen LogP) is 4.56. The van der Waals surface area contributed by atoms with Gasteiger partial charge in [0, 0.05) is 23.6 Å². The summed E-state index contributed by atoms with van der Waals surface area (Å²) in [5.74, 6) is 0.119. The van der Waals surface area contributed by atoms with Crippen LogP contribution in [0.3, 0.4) is 0 Å². The van der Waals surface area contributed by atoms with Crippen molar-refractivity contribution in [2.24, 2.45) is 0 Å². The van der Waals surface area contributed by atoms with Crippen molar-refractivity contribution in [1.29, 1.82) is 0 Å². The summed E-state index contributed by atoms with van der Waals surface area (Å²) >= 11 is 1.76. The van der Waals surface area contributed by atoms with E-state index in [0.29, 0.717) is 5.25 Å². The number of hydrogen-bond donors (Lipinski definition) is 0. The topological polar surface area (TPSA) is 33.2 Å². The molecule has 1 fully saturated rings. The van der Waals surface area contributed by atoms with Gasteiger partial charge in [-0.2, -0.15) is 0 Å². The fourth-order valence-corrected chi connectivity index (χ4v) is 3.75. The second-order valence-electron chi connectivity index (χ2n) is 6.12. The summed E-state index contributed by atoms with van der Waals surface area (Å²) in [6, 6.07) is 13.9. The second kappa shape index (κ2) is 7.18. The van der Waals surface area contributed by atoms with E-state index in [1.807, 2.05) is 41.4 Å². The number of carbonyl (C=O) groups is 1. The molecule has 0 N–H and O–H groups in total. The third-order valence-corrected chi connectivity index (χ3v) is 4.99. The number of benzene rings is 1. The maximum Gasteiger partial charge on any atom is 0.254 e. The Morgan fingerprint density at radius 3 is 2.65 bits per heavy atom. The summed E-state index contributed by atoms with van der Waals surface area (Å²) in [5, 5.41) is 1.57. The minimum atomic E-state index is 0.119. The number of amides is 1. The van der Waals surface area contributed by atoms with Crippen LogP contribution in [0.4, 0.5) is 0 Å². The molecule has 23 heavy (non-hydrogen) atoms. The number of pyridine rings is 1. The third-order valence-electron chi connectivity index (χ3n) is 4.03. The molecule has 3 nitrogen and oxygen atoms in total. The Kier molecular flexibility index (Phi) is 5.01. The molecule has 120 valence electrons. The lowest BCUT2D eigenvalue weighted by Gasteiger charge is -2.25. The summed E-state index contributed by atoms with van der Waals surface area (Å²) in [6.45, 7) is 5.15. The first-order chi connectivity index (χ1) is 11.1. The van der Waals surface area contributed by atoms with Crippen LogP contribution in [-0.2, 0) is 0 Å². The zero-order valence-corrected chi connectivity index (χ0v) is 14.4. The predicted molar refractivity (Wildman–Crippen MR) is 94.7 cm³/mol. The molecule has 3 rings (SSSR count). The van der Waals surface area contributed by atoms with Gasteiger partial charge in [-0.25, -0.2) is 4.98 Å². The Morgan fingerprint density at radius 2 is 2.00 bits per heavy atom. The molecule has 0 radical (unpaired) electrons. The highest BCUT2D eigenvalue weighted by Crippen LogP contribution is 2.33. The normalized spacial score (nSPS) is 17.7. The van der Waals surface area contributed by atoms with Crippen LogP contribution in [0.1, 0.15) is 48.7 Å². The van der Waals surface area contributed by atoms with Crippen LogP contribution in [0.5, 0.6) is 0 Å². The first-order valence-corrected chi connectivity index (χ1v) is 9.02. The number of likely N-dealkylation sites (tertiary alicyclic amines) is 1. The van der Waals surface area contributed by atoms with Crippen LogP contribution in [0.2, 0.25) is 0 Å². The Hall–Kier alpha value is -1.81. The van der Waals surface area contributed by atoms with Crippen molar-refractivity contribution >= 4 is 17.7 Å². The zero-order chi connectivity index (χ0) is 16.2. The van der Waals surface area contributed by atoms with Gasteiger partial charge < -0.3 is 4.90 Å². The van der Waals surface area contributed by atoms with Crippen molar-refractivity contribution in [2.75, 3.05) is 6.54 Å². The van der Waals surface area contributed by atoms with Gasteiger partial charge in [0.1, 0.15) is 0 Å². The van der Waals surface area contributed by atoms with E-state index >= 15 is 0 Å². The number of carbonyl (C=O) groups excluding carboxylic acids is 1. The molecular formula is C19H22N2OS. The minimum absolute atomic E-state index is 0.119. The molecule has 4 heteroatoms. The molecule has 2 heterocycles. The number of thioether (sulfide) groups is 1. The molecule has 1 atom stereocenters. The SMILES string of the molecule is CC(C)Sc1ccc([C@@H]2CCCN2C(=O)c2ccccc2)cn1. The van der Waals surface area contributed by atoms with Crippen LogP contribution in [0.25, 0.3) is 0 Å². The summed E-state index contributed by atoms with van der Waals surface area (Å²) in [6.07, 6.45) is 3.99. The van der Waals surface area contributed by atoms with Crippen LogP contribution >= 0.6 is 11.8 Å². The van der Waals surface area contributed by atoms with E-state index in [4.69, 9.17) is 0 Å². The maximum absolute atomic E-state index is 12.7. The average molecular weight is 326 g/mol. The van der Waals surface area contributed by atoms with Crippen LogP contribution in [0.15, 0.2) is 53.7 Å². The van der Waals surface area contributed by atoms with Gasteiger partial charge in [-0.15, -0.1) is 11.8 Å². The van der Waals surface area contributed by atoms with Gasteiger partial charge in [-0.1, -0.05) is 38.1 Å². The summed E-state index contributed by atoms with van der Waals surface area (Å²) in [7, 11) is 0. The van der Waals surface area contributed by atoms with Gasteiger partial charge >= 0.3 is 0 Å². The van der Waals surface area contributed by atoms with Crippen molar-refractivity contribution in [2.45, 2.75) is 43.0 Å². The lowest BCUT2D eigenvalue weighted by molar-refractivity contribution is 0.0735. The highest BCUT2D eigenvalue weighted by molar-refractivity contribution is 7.99. The van der Waals surface area contributed by atoms with Gasteiger partial charge in [0.15, 0.2) is 0 Å². The van der Waals surface area contributed by atoms with Crippen LogP contribution in [-0.4, -0.2) is 27.6 Å². The van der Waals surface area contributed by atoms with Gasteiger partial charge in [0.25, 0.3) is 5.91 Å². The standard InChI is InChI=1S/C19H22N2OS/c1-14(2)23-18-11-10-16(13-20-18)17-9-6-12-21(17)19(22)15-7-4-3-5-8-15/h3-5,7-8,10-11,13-14,17H,6,9,12H2,1-2H3/t17-/m0/s1. The van der Waals surface area contributed by atoms with Crippen molar-refractivity contribution < 1.29 is 4.79 Å². The lowest BCUT2D eigenvalue weighted by atomic mass is 10.1. The Labute approximate surface area is 142 Å². The molecule has 1 aromatic carbocycles. The molecular weight excluding hydrogens is 304 g/mol. The molecule has 1 saturated heterocycles. The molecule has 2 aromatic rings. The lowest BCUT2D eigenvalue weighted by Crippen LogP contribution is -2.30. The van der Waals surface area contributed by atoms with Crippen molar-refractivity contribution in [3.63, 3.8) is 0 Å². The number of aromatic nitrogens is 1. The first-order valence-electron chi connectivity index (χ1n) is 8.14. The summed E-state index contributed by atoms with van der Waals surface area (Å²) < 4.78 is 0. The molecule has 1 amide bonds. The average Bonchev–Trinajstić information content (AvgIpc) is 3.05. The Morgan fingerprint density at radius 1 is 1.22 bits per heavy atom. The van der Waals surface area contributed by atoms with E-state index in [2.05, 4.69) is 31.0 Å². The fourth-order valence-electron chi connectivity index (χ4n) is 3.00. The molecule has 1 aliphatic heterocycles. The largest absolute Gasteiger partial charge is 0.332 e. The van der Waals surface area contributed by atoms with E-state index in [1.165, 1.54) is 0 Å². The van der Waals surface area contributed by atoms with E-state index in [-0.39, 0.29) is 11.9 Å². The Balaban J connectivity index is 1.77. The van der Waals surface area contributed by atoms with E-state index in [1.54, 1.807) is 11.8 Å². The van der Waals surface area contributed by atoms with Crippen molar-refractivity contribution in [1.82, 2.24) is 9.88 Å². The number of hydrogen-bond acceptors (Lipinski definition) is 3. The van der Waals surface area contributed by atoms with Gasteiger partial charge in [0.2, 0.25) is 0 Å². The molecule has 0 aliphatic carbocycles. The summed E-state index contributed by atoms with van der Waals surface area (Å²) in [5.41, 5.74) is 1.90. The highest BCUT2D eigenvalue weighted by atomic mass is 32.2. The fraction of sp³-hybridized carbons (Fsp3) is 0.368. The highest BCUT2D eigenvalue weighted by Gasteiger charge is 2.30. The molecule has 1 aromatic heterocycles. The van der Waals surface area contributed by atoms with Gasteiger partial charge in [-0.05, 0) is 36.6 Å². The van der Waals surface area contributed by atoms with Gasteiger partial charge in [0.05, 0.1) is 11.1 Å². The molecule has 0 unspecified atom stereocenters. The first kappa shape index (κ1) is 16.1. The van der Waals surface area contributed by atoms with Crippen LogP contribution < -0.4 is 0 Å². The van der Waals surface area contributed by atoms with Crippen molar-refractivity contribution in [3.8, 4) is 0 Å². The second-order valence-corrected chi connectivity index (χ2v) is 7.72. The number of nitrogens with zero attached hydrogens (tertiary/aromatic N) is 2. The third kappa shape index (κ3) is 3.75.